The summed E-state index contributed by atoms with van der Waals surface area (Å²) in [6.07, 6.45) is 0.293. The standard InChI is InChI=1S/C26H29NO9/c1-11(2)10-36-18(30)6-4-12-3-5-16(28)20-15(12)8-13-7-14-9-17(29)21(25(27)34)24(33)26(14,35)23(32)19(13)22(20)31/h3,5,11,13-14,28-29,32,35H,4,6-10H2,1-2H3,(H2,27,34)/t13-,14+,26+/m1/s1. The summed E-state index contributed by atoms with van der Waals surface area (Å²) in [4.78, 5) is 50.3. The number of nitrogens with two attached hydrogens (primary N) is 1. The van der Waals surface area contributed by atoms with Crippen LogP contribution in [-0.2, 0) is 32.0 Å². The molecule has 0 bridgehead atoms. The average molecular weight is 500 g/mol. The minimum atomic E-state index is -2.59. The van der Waals surface area contributed by atoms with Crippen molar-refractivity contribution in [2.75, 3.05) is 6.61 Å². The van der Waals surface area contributed by atoms with Crippen LogP contribution in [0.5, 0.6) is 5.75 Å². The summed E-state index contributed by atoms with van der Waals surface area (Å²) in [5.74, 6) is -6.88. The van der Waals surface area contributed by atoms with Gasteiger partial charge in [-0.05, 0) is 48.3 Å². The van der Waals surface area contributed by atoms with Gasteiger partial charge in [-0.25, -0.2) is 0 Å². The number of esters is 1. The topological polar surface area (TPSA) is 184 Å². The van der Waals surface area contributed by atoms with Crippen molar-refractivity contribution in [1.29, 1.82) is 0 Å². The molecule has 1 aromatic rings. The molecular formula is C26H29NO9. The van der Waals surface area contributed by atoms with Crippen LogP contribution in [0.2, 0.25) is 0 Å². The Labute approximate surface area is 207 Å². The van der Waals surface area contributed by atoms with Crippen molar-refractivity contribution < 1.29 is 44.3 Å². The zero-order chi connectivity index (χ0) is 26.5. The predicted molar refractivity (Wildman–Crippen MR) is 125 cm³/mol. The first-order valence-electron chi connectivity index (χ1n) is 11.8. The van der Waals surface area contributed by atoms with Crippen LogP contribution in [0.15, 0.2) is 34.8 Å². The number of aromatic hydroxyl groups is 1. The maximum atomic E-state index is 13.5. The van der Waals surface area contributed by atoms with E-state index >= 15 is 0 Å². The minimum absolute atomic E-state index is 0.0500. The second-order valence-corrected chi connectivity index (χ2v) is 10.1. The third-order valence-corrected chi connectivity index (χ3v) is 7.22. The lowest BCUT2D eigenvalue weighted by Crippen LogP contribution is -2.57. The predicted octanol–water partition coefficient (Wildman–Crippen LogP) is 1.71. The molecule has 0 unspecified atom stereocenters. The number of aryl methyl sites for hydroxylation is 1. The number of amides is 1. The smallest absolute Gasteiger partial charge is 0.306 e. The lowest BCUT2D eigenvalue weighted by molar-refractivity contribution is -0.145. The summed E-state index contributed by atoms with van der Waals surface area (Å²) in [5, 5.41) is 43.0. The molecule has 0 aliphatic heterocycles. The molecular weight excluding hydrogens is 470 g/mol. The van der Waals surface area contributed by atoms with Crippen LogP contribution >= 0.6 is 0 Å². The number of phenolic OH excluding ortho intramolecular Hbond substituents is 1. The Morgan fingerprint density at radius 3 is 2.50 bits per heavy atom. The number of fused-ring (bicyclic) bond motifs is 3. The maximum absolute atomic E-state index is 13.5. The lowest BCUT2D eigenvalue weighted by Gasteiger charge is -2.45. The molecule has 192 valence electrons. The molecule has 36 heavy (non-hydrogen) atoms. The van der Waals surface area contributed by atoms with Crippen LogP contribution < -0.4 is 5.73 Å². The Bertz CT molecular complexity index is 1240. The molecule has 0 saturated carbocycles. The Morgan fingerprint density at radius 1 is 1.17 bits per heavy atom. The Hall–Kier alpha value is -3.66. The van der Waals surface area contributed by atoms with E-state index in [1.54, 1.807) is 6.07 Å². The first-order valence-corrected chi connectivity index (χ1v) is 11.8. The molecule has 4 rings (SSSR count). The average Bonchev–Trinajstić information content (AvgIpc) is 2.79. The number of carbonyl (C=O) groups excluding carboxylic acids is 4. The molecule has 0 aromatic heterocycles. The summed E-state index contributed by atoms with van der Waals surface area (Å²) in [6, 6.07) is 2.95. The van der Waals surface area contributed by atoms with E-state index in [4.69, 9.17) is 10.5 Å². The van der Waals surface area contributed by atoms with E-state index < -0.39 is 52.0 Å². The highest BCUT2D eigenvalue weighted by atomic mass is 16.5. The van der Waals surface area contributed by atoms with Crippen molar-refractivity contribution in [3.8, 4) is 5.75 Å². The molecule has 10 nitrogen and oxygen atoms in total. The normalized spacial score (nSPS) is 25.4. The number of hydrogen-bond acceptors (Lipinski definition) is 9. The van der Waals surface area contributed by atoms with Crippen LogP contribution in [0, 0.1) is 17.8 Å². The van der Waals surface area contributed by atoms with Gasteiger partial charge >= 0.3 is 5.97 Å². The number of carbonyl (C=O) groups is 4. The third-order valence-electron chi connectivity index (χ3n) is 7.22. The monoisotopic (exact) mass is 499 g/mol. The van der Waals surface area contributed by atoms with Crippen LogP contribution in [0.25, 0.3) is 0 Å². The molecule has 0 radical (unpaired) electrons. The van der Waals surface area contributed by atoms with Gasteiger partial charge in [0.1, 0.15) is 22.8 Å². The fourth-order valence-electron chi connectivity index (χ4n) is 5.49. The van der Waals surface area contributed by atoms with Gasteiger partial charge in [0.15, 0.2) is 11.4 Å². The molecule has 6 N–H and O–H groups in total. The van der Waals surface area contributed by atoms with Crippen molar-refractivity contribution in [3.05, 3.63) is 51.5 Å². The van der Waals surface area contributed by atoms with Gasteiger partial charge in [0, 0.05) is 24.3 Å². The number of rotatable bonds is 6. The summed E-state index contributed by atoms with van der Waals surface area (Å²) >= 11 is 0. The molecule has 0 heterocycles. The molecule has 1 amide bonds. The number of phenols is 1. The van der Waals surface area contributed by atoms with Crippen LogP contribution in [-0.4, -0.2) is 56.1 Å². The van der Waals surface area contributed by atoms with Gasteiger partial charge in [-0.3, -0.25) is 19.2 Å². The van der Waals surface area contributed by atoms with Crippen molar-refractivity contribution in [2.45, 2.75) is 51.6 Å². The molecule has 1 aromatic carbocycles. The van der Waals surface area contributed by atoms with Gasteiger partial charge in [-0.1, -0.05) is 19.9 Å². The lowest BCUT2D eigenvalue weighted by atomic mass is 9.60. The van der Waals surface area contributed by atoms with Gasteiger partial charge in [-0.2, -0.15) is 0 Å². The summed E-state index contributed by atoms with van der Waals surface area (Å²) in [7, 11) is 0. The van der Waals surface area contributed by atoms with Crippen molar-refractivity contribution in [2.24, 2.45) is 23.5 Å². The highest BCUT2D eigenvalue weighted by molar-refractivity contribution is 6.24. The minimum Gasteiger partial charge on any atom is -0.511 e. The molecule has 0 fully saturated rings. The van der Waals surface area contributed by atoms with Crippen molar-refractivity contribution in [1.82, 2.24) is 0 Å². The van der Waals surface area contributed by atoms with E-state index in [9.17, 15) is 39.6 Å². The number of benzene rings is 1. The van der Waals surface area contributed by atoms with Gasteiger partial charge in [0.2, 0.25) is 5.78 Å². The van der Waals surface area contributed by atoms with Crippen LogP contribution in [0.1, 0.15) is 54.6 Å². The molecule has 3 aliphatic rings. The highest BCUT2D eigenvalue weighted by Gasteiger charge is 2.59. The maximum Gasteiger partial charge on any atom is 0.306 e. The van der Waals surface area contributed by atoms with Gasteiger partial charge in [-0.15, -0.1) is 0 Å². The van der Waals surface area contributed by atoms with Gasteiger partial charge in [0.25, 0.3) is 5.91 Å². The van der Waals surface area contributed by atoms with E-state index in [0.717, 1.165) is 0 Å². The second kappa shape index (κ2) is 9.09. The highest BCUT2D eigenvalue weighted by Crippen LogP contribution is 2.51. The zero-order valence-corrected chi connectivity index (χ0v) is 20.0. The number of aliphatic hydroxyl groups excluding tert-OH is 2. The van der Waals surface area contributed by atoms with E-state index in [-0.39, 0.29) is 60.9 Å². The number of ketones is 2. The first-order chi connectivity index (χ1) is 16.9. The van der Waals surface area contributed by atoms with Crippen LogP contribution in [0.4, 0.5) is 0 Å². The Kier molecular flexibility index (Phi) is 6.42. The third kappa shape index (κ3) is 3.95. The van der Waals surface area contributed by atoms with Crippen LogP contribution in [0.3, 0.4) is 0 Å². The number of primary amides is 1. The summed E-state index contributed by atoms with van der Waals surface area (Å²) in [6.45, 7) is 4.14. The van der Waals surface area contributed by atoms with Crippen molar-refractivity contribution in [3.63, 3.8) is 0 Å². The van der Waals surface area contributed by atoms with E-state index in [1.807, 2.05) is 13.8 Å². The number of hydrogen-bond donors (Lipinski definition) is 5. The SMILES string of the molecule is CC(C)COC(=O)CCc1ccc(O)c2c1C[C@H]1C[C@H]3CC(O)=C(C(N)=O)C(=O)[C@@]3(O)C(O)=C1C2=O. The number of Topliss-reactive ketones (excluding diaryl/α,β-unsaturated/α-hetero) is 2. The Morgan fingerprint density at radius 2 is 1.86 bits per heavy atom. The number of aliphatic hydroxyl groups is 3. The fourth-order valence-corrected chi connectivity index (χ4v) is 5.49. The fraction of sp³-hybridized carbons (Fsp3) is 0.462. The first kappa shape index (κ1) is 25.4. The van der Waals surface area contributed by atoms with Gasteiger partial charge in [0.05, 0.1) is 12.2 Å². The van der Waals surface area contributed by atoms with E-state index in [0.29, 0.717) is 17.7 Å². The van der Waals surface area contributed by atoms with Crippen molar-refractivity contribution >= 4 is 23.4 Å². The molecule has 0 spiro atoms. The zero-order valence-electron chi connectivity index (χ0n) is 20.0. The number of ether oxygens (including phenoxy) is 1. The molecule has 3 aliphatic carbocycles. The Balaban J connectivity index is 1.71. The quantitative estimate of drug-likeness (QED) is 0.287. The molecule has 3 atom stereocenters. The number of allylic oxidation sites excluding steroid dienone is 2. The van der Waals surface area contributed by atoms with E-state index in [1.165, 1.54) is 6.07 Å². The van der Waals surface area contributed by atoms with Gasteiger partial charge < -0.3 is 30.9 Å². The second-order valence-electron chi connectivity index (χ2n) is 10.1. The summed E-state index contributed by atoms with van der Waals surface area (Å²) < 4.78 is 5.21. The summed E-state index contributed by atoms with van der Waals surface area (Å²) in [5.41, 5.74) is 2.69. The molecule has 0 saturated heterocycles. The molecule has 10 heteroatoms. The van der Waals surface area contributed by atoms with E-state index in [2.05, 4.69) is 0 Å². The largest absolute Gasteiger partial charge is 0.511 e.